The van der Waals surface area contributed by atoms with E-state index in [4.69, 9.17) is 5.26 Å². The highest BCUT2D eigenvalue weighted by Gasteiger charge is 2.33. The van der Waals surface area contributed by atoms with Gasteiger partial charge in [-0.3, -0.25) is 0 Å². The number of hydrogen-bond donors (Lipinski definition) is 1. The molecule has 1 aromatic heterocycles. The first kappa shape index (κ1) is 12.1. The van der Waals surface area contributed by atoms with Crippen LogP contribution in [0.15, 0.2) is 24.4 Å². The first-order valence-electron chi connectivity index (χ1n) is 4.74. The summed E-state index contributed by atoms with van der Waals surface area (Å²) in [5.74, 6) is -1.04. The van der Waals surface area contributed by atoms with Crippen molar-refractivity contribution < 1.29 is 17.6 Å². The van der Waals surface area contributed by atoms with Crippen LogP contribution in [0.4, 0.5) is 17.6 Å². The molecule has 0 fully saturated rings. The number of rotatable bonds is 1. The molecule has 0 amide bonds. The van der Waals surface area contributed by atoms with Gasteiger partial charge in [-0.15, -0.1) is 0 Å². The standard InChI is InChI=1S/C11H5F4N3/c12-8-3-6(4-16)1-2-7(8)10-17-5-9(18-10)11(13,14)15/h1-3,5H,(H,17,18). The van der Waals surface area contributed by atoms with Crippen molar-refractivity contribution in [2.75, 3.05) is 0 Å². The van der Waals surface area contributed by atoms with Crippen LogP contribution < -0.4 is 0 Å². The summed E-state index contributed by atoms with van der Waals surface area (Å²) in [6.45, 7) is 0. The Morgan fingerprint density at radius 1 is 1.28 bits per heavy atom. The molecule has 0 spiro atoms. The van der Waals surface area contributed by atoms with Gasteiger partial charge in [-0.1, -0.05) is 0 Å². The van der Waals surface area contributed by atoms with Gasteiger partial charge < -0.3 is 4.98 Å². The van der Waals surface area contributed by atoms with Gasteiger partial charge in [0.25, 0.3) is 0 Å². The Kier molecular flexibility index (Phi) is 2.79. The van der Waals surface area contributed by atoms with Crippen LogP contribution in [0, 0.1) is 17.1 Å². The molecular weight excluding hydrogens is 250 g/mol. The summed E-state index contributed by atoms with van der Waals surface area (Å²) < 4.78 is 50.5. The van der Waals surface area contributed by atoms with Crippen LogP contribution in [0.3, 0.4) is 0 Å². The lowest BCUT2D eigenvalue weighted by molar-refractivity contribution is -0.140. The average Bonchev–Trinajstić information content (AvgIpc) is 2.77. The lowest BCUT2D eigenvalue weighted by Gasteiger charge is -2.02. The van der Waals surface area contributed by atoms with Crippen molar-refractivity contribution in [1.82, 2.24) is 9.97 Å². The largest absolute Gasteiger partial charge is 0.432 e. The fourth-order valence-electron chi connectivity index (χ4n) is 1.38. The average molecular weight is 255 g/mol. The molecule has 2 aromatic rings. The fraction of sp³-hybridized carbons (Fsp3) is 0.0909. The molecule has 1 aromatic carbocycles. The van der Waals surface area contributed by atoms with Crippen LogP contribution in [0.25, 0.3) is 11.4 Å². The quantitative estimate of drug-likeness (QED) is 0.796. The highest BCUT2D eigenvalue weighted by molar-refractivity contribution is 5.58. The van der Waals surface area contributed by atoms with E-state index in [-0.39, 0.29) is 17.0 Å². The molecule has 0 unspecified atom stereocenters. The minimum absolute atomic E-state index is 0.0823. The second-order valence-corrected chi connectivity index (χ2v) is 3.45. The Bertz CT molecular complexity index is 622. The molecule has 0 atom stereocenters. The topological polar surface area (TPSA) is 52.5 Å². The maximum Gasteiger partial charge on any atom is 0.432 e. The summed E-state index contributed by atoms with van der Waals surface area (Å²) in [4.78, 5) is 5.46. The van der Waals surface area contributed by atoms with Crippen LogP contribution in [-0.4, -0.2) is 9.97 Å². The summed E-state index contributed by atoms with van der Waals surface area (Å²) in [6.07, 6.45) is -3.97. The van der Waals surface area contributed by atoms with Crippen LogP contribution >= 0.6 is 0 Å². The van der Waals surface area contributed by atoms with Gasteiger partial charge in [0, 0.05) is 0 Å². The molecule has 0 bridgehead atoms. The number of nitriles is 1. The van der Waals surface area contributed by atoms with Gasteiger partial charge in [-0.2, -0.15) is 18.4 Å². The number of aromatic nitrogens is 2. The van der Waals surface area contributed by atoms with Crippen molar-refractivity contribution in [2.24, 2.45) is 0 Å². The van der Waals surface area contributed by atoms with E-state index in [1.165, 1.54) is 12.1 Å². The zero-order chi connectivity index (χ0) is 13.3. The van der Waals surface area contributed by atoms with E-state index in [0.717, 1.165) is 6.07 Å². The first-order valence-corrected chi connectivity index (χ1v) is 4.74. The second-order valence-electron chi connectivity index (χ2n) is 3.45. The Morgan fingerprint density at radius 2 is 2.00 bits per heavy atom. The molecule has 0 aliphatic carbocycles. The van der Waals surface area contributed by atoms with E-state index in [9.17, 15) is 17.6 Å². The molecule has 0 aliphatic heterocycles. The van der Waals surface area contributed by atoms with Gasteiger partial charge >= 0.3 is 6.18 Å². The predicted octanol–water partition coefficient (Wildman–Crippen LogP) is 3.11. The smallest absolute Gasteiger partial charge is 0.334 e. The van der Waals surface area contributed by atoms with E-state index in [1.807, 2.05) is 4.98 Å². The zero-order valence-electron chi connectivity index (χ0n) is 8.72. The monoisotopic (exact) mass is 255 g/mol. The van der Waals surface area contributed by atoms with Gasteiger partial charge in [0.2, 0.25) is 0 Å². The van der Waals surface area contributed by atoms with Crippen molar-refractivity contribution in [3.05, 3.63) is 41.5 Å². The minimum atomic E-state index is -4.56. The van der Waals surface area contributed by atoms with Crippen molar-refractivity contribution in [2.45, 2.75) is 6.18 Å². The molecular formula is C11H5F4N3. The Hall–Kier alpha value is -2.36. The van der Waals surface area contributed by atoms with E-state index in [1.54, 1.807) is 6.07 Å². The van der Waals surface area contributed by atoms with Gasteiger partial charge in [0.1, 0.15) is 17.3 Å². The van der Waals surface area contributed by atoms with E-state index in [2.05, 4.69) is 4.98 Å². The third-order valence-corrected chi connectivity index (χ3v) is 2.23. The summed E-state index contributed by atoms with van der Waals surface area (Å²) in [5, 5.41) is 8.55. The van der Waals surface area contributed by atoms with Crippen molar-refractivity contribution in [3.8, 4) is 17.5 Å². The molecule has 0 aliphatic rings. The van der Waals surface area contributed by atoms with Crippen LogP contribution in [0.5, 0.6) is 0 Å². The number of hydrogen-bond acceptors (Lipinski definition) is 2. The molecule has 1 heterocycles. The number of imidazole rings is 1. The number of halogens is 4. The SMILES string of the molecule is N#Cc1ccc(-c2ncc(C(F)(F)F)[nH]2)c(F)c1. The van der Waals surface area contributed by atoms with Gasteiger partial charge in [-0.05, 0) is 18.2 Å². The van der Waals surface area contributed by atoms with E-state index in [0.29, 0.717) is 6.20 Å². The van der Waals surface area contributed by atoms with Crippen molar-refractivity contribution in [1.29, 1.82) is 5.26 Å². The minimum Gasteiger partial charge on any atom is -0.334 e. The molecule has 0 radical (unpaired) electrons. The molecule has 0 saturated heterocycles. The van der Waals surface area contributed by atoms with Crippen molar-refractivity contribution in [3.63, 3.8) is 0 Å². The van der Waals surface area contributed by atoms with Crippen molar-refractivity contribution >= 4 is 0 Å². The Balaban J connectivity index is 2.44. The number of aromatic amines is 1. The number of alkyl halides is 3. The maximum atomic E-state index is 13.5. The number of nitrogens with zero attached hydrogens (tertiary/aromatic N) is 2. The first-order chi connectivity index (χ1) is 8.41. The summed E-state index contributed by atoms with van der Waals surface area (Å²) in [7, 11) is 0. The highest BCUT2D eigenvalue weighted by Crippen LogP contribution is 2.30. The highest BCUT2D eigenvalue weighted by atomic mass is 19.4. The lowest BCUT2D eigenvalue weighted by atomic mass is 10.1. The van der Waals surface area contributed by atoms with Gasteiger partial charge in [0.05, 0.1) is 23.4 Å². The van der Waals surface area contributed by atoms with Crippen LogP contribution in [-0.2, 0) is 6.18 Å². The summed E-state index contributed by atoms with van der Waals surface area (Å²) in [6, 6.07) is 5.16. The van der Waals surface area contributed by atoms with Gasteiger partial charge in [-0.25, -0.2) is 9.37 Å². The summed E-state index contributed by atoms with van der Waals surface area (Å²) >= 11 is 0. The third kappa shape index (κ3) is 2.18. The second kappa shape index (κ2) is 4.14. The predicted molar refractivity (Wildman–Crippen MR) is 53.7 cm³/mol. The lowest BCUT2D eigenvalue weighted by Crippen LogP contribution is -2.04. The molecule has 1 N–H and O–H groups in total. The number of benzene rings is 1. The zero-order valence-corrected chi connectivity index (χ0v) is 8.72. The number of H-pyrrole nitrogens is 1. The van der Waals surface area contributed by atoms with E-state index < -0.39 is 17.7 Å². The third-order valence-electron chi connectivity index (χ3n) is 2.23. The number of nitrogens with one attached hydrogen (secondary N) is 1. The normalized spacial score (nSPS) is 11.3. The molecule has 18 heavy (non-hydrogen) atoms. The maximum absolute atomic E-state index is 13.5. The molecule has 0 saturated carbocycles. The molecule has 3 nitrogen and oxygen atoms in total. The molecule has 2 rings (SSSR count). The Morgan fingerprint density at radius 3 is 2.50 bits per heavy atom. The van der Waals surface area contributed by atoms with Crippen LogP contribution in [0.2, 0.25) is 0 Å². The summed E-state index contributed by atoms with van der Waals surface area (Å²) in [5.41, 5.74) is -1.09. The fourth-order valence-corrected chi connectivity index (χ4v) is 1.38. The van der Waals surface area contributed by atoms with Crippen LogP contribution in [0.1, 0.15) is 11.3 Å². The van der Waals surface area contributed by atoms with Gasteiger partial charge in [0.15, 0.2) is 0 Å². The Labute approximate surface area is 98.7 Å². The molecule has 92 valence electrons. The molecule has 7 heteroatoms. The van der Waals surface area contributed by atoms with E-state index >= 15 is 0 Å².